The number of rotatable bonds is 1. The maximum atomic E-state index is 11.7. The summed E-state index contributed by atoms with van der Waals surface area (Å²) >= 11 is 0. The van der Waals surface area contributed by atoms with Gasteiger partial charge in [0.15, 0.2) is 6.54 Å². The Kier molecular flexibility index (Phi) is 1.94. The Bertz CT molecular complexity index is 177. The zero-order valence-electron chi connectivity index (χ0n) is 5.77. The van der Waals surface area contributed by atoms with Gasteiger partial charge in [-0.05, 0) is 6.08 Å². The van der Waals surface area contributed by atoms with E-state index in [0.717, 1.165) is 6.20 Å². The fourth-order valence-corrected chi connectivity index (χ4v) is 1.07. The van der Waals surface area contributed by atoms with E-state index in [1.54, 1.807) is 0 Å². The molecule has 5 heteroatoms. The van der Waals surface area contributed by atoms with Crippen molar-refractivity contribution in [3.63, 3.8) is 0 Å². The first-order chi connectivity index (χ1) is 4.91. The summed E-state index contributed by atoms with van der Waals surface area (Å²) in [6, 6.07) is 0. The van der Waals surface area contributed by atoms with E-state index < -0.39 is 17.4 Å². The van der Waals surface area contributed by atoms with E-state index >= 15 is 0 Å². The molecular formula is C6H8F3NO. The van der Waals surface area contributed by atoms with Gasteiger partial charge in [-0.2, -0.15) is 13.2 Å². The lowest BCUT2D eigenvalue weighted by atomic mass is 10.4. The van der Waals surface area contributed by atoms with Crippen LogP contribution in [0.2, 0.25) is 0 Å². The Labute approximate surface area is 62.1 Å². The molecule has 0 aromatic rings. The van der Waals surface area contributed by atoms with E-state index in [1.807, 2.05) is 0 Å². The standard InChI is InChI=1S/C6H8F3NO/c7-6(8,9)5-10(11)3-1-2-4-10/h1,3H,2,4-5H2. The lowest BCUT2D eigenvalue weighted by Crippen LogP contribution is -2.42. The first-order valence-electron chi connectivity index (χ1n) is 3.24. The topological polar surface area (TPSA) is 23.1 Å². The summed E-state index contributed by atoms with van der Waals surface area (Å²) in [6.45, 7) is -1.29. The van der Waals surface area contributed by atoms with Crippen LogP contribution in [-0.2, 0) is 0 Å². The molecule has 0 saturated heterocycles. The molecule has 0 N–H and O–H groups in total. The lowest BCUT2D eigenvalue weighted by Gasteiger charge is -2.36. The van der Waals surface area contributed by atoms with E-state index in [-0.39, 0.29) is 6.54 Å². The summed E-state index contributed by atoms with van der Waals surface area (Å²) < 4.78 is 33.9. The van der Waals surface area contributed by atoms with Gasteiger partial charge >= 0.3 is 6.18 Å². The van der Waals surface area contributed by atoms with E-state index in [2.05, 4.69) is 0 Å². The highest BCUT2D eigenvalue weighted by atomic mass is 19.4. The van der Waals surface area contributed by atoms with Crippen molar-refractivity contribution >= 4 is 0 Å². The lowest BCUT2D eigenvalue weighted by molar-refractivity contribution is -0.835. The Morgan fingerprint density at radius 3 is 2.45 bits per heavy atom. The number of hydroxylamine groups is 3. The molecule has 0 aliphatic carbocycles. The first kappa shape index (κ1) is 8.55. The smallest absolute Gasteiger partial charge is 0.438 e. The van der Waals surface area contributed by atoms with E-state index in [1.165, 1.54) is 6.08 Å². The monoisotopic (exact) mass is 167 g/mol. The van der Waals surface area contributed by atoms with Crippen LogP contribution < -0.4 is 0 Å². The Morgan fingerprint density at radius 1 is 1.45 bits per heavy atom. The minimum absolute atomic E-state index is 0.0134. The fourth-order valence-electron chi connectivity index (χ4n) is 1.07. The zero-order chi connectivity index (χ0) is 8.54. The minimum atomic E-state index is -4.36. The van der Waals surface area contributed by atoms with Crippen molar-refractivity contribution in [1.82, 2.24) is 0 Å². The molecule has 2 nitrogen and oxygen atoms in total. The van der Waals surface area contributed by atoms with Gasteiger partial charge in [0, 0.05) is 6.42 Å². The number of hydrogen-bond acceptors (Lipinski definition) is 1. The quantitative estimate of drug-likeness (QED) is 0.431. The Morgan fingerprint density at radius 2 is 2.09 bits per heavy atom. The molecule has 1 heterocycles. The molecule has 0 fully saturated rings. The van der Waals surface area contributed by atoms with Crippen LogP contribution in [0.3, 0.4) is 0 Å². The third-order valence-corrected chi connectivity index (χ3v) is 1.50. The molecule has 0 aromatic carbocycles. The second-order valence-electron chi connectivity index (χ2n) is 2.62. The number of hydrogen-bond donors (Lipinski definition) is 0. The van der Waals surface area contributed by atoms with Crippen molar-refractivity contribution in [3.8, 4) is 0 Å². The zero-order valence-corrected chi connectivity index (χ0v) is 5.77. The number of nitrogens with zero attached hydrogens (tertiary/aromatic N) is 1. The summed E-state index contributed by atoms with van der Waals surface area (Å²) in [5.41, 5.74) is 0. The molecule has 1 unspecified atom stereocenters. The van der Waals surface area contributed by atoms with Gasteiger partial charge in [-0.25, -0.2) is 0 Å². The third kappa shape index (κ3) is 2.51. The van der Waals surface area contributed by atoms with Crippen LogP contribution in [0.4, 0.5) is 13.2 Å². The molecule has 1 aliphatic heterocycles. The molecule has 0 saturated carbocycles. The van der Waals surface area contributed by atoms with Crippen LogP contribution in [0, 0.1) is 5.21 Å². The fraction of sp³-hybridized carbons (Fsp3) is 0.667. The predicted molar refractivity (Wildman–Crippen MR) is 33.2 cm³/mol. The van der Waals surface area contributed by atoms with Crippen molar-refractivity contribution in [2.75, 3.05) is 13.1 Å². The summed E-state index contributed by atoms with van der Waals surface area (Å²) in [4.78, 5) is 0. The van der Waals surface area contributed by atoms with Crippen molar-refractivity contribution in [3.05, 3.63) is 17.5 Å². The highest BCUT2D eigenvalue weighted by Crippen LogP contribution is 2.24. The average molecular weight is 167 g/mol. The highest BCUT2D eigenvalue weighted by molar-refractivity contribution is 4.82. The average Bonchev–Trinajstić information content (AvgIpc) is 2.09. The maximum absolute atomic E-state index is 11.7. The first-order valence-corrected chi connectivity index (χ1v) is 3.24. The second kappa shape index (κ2) is 2.49. The van der Waals surface area contributed by atoms with Crippen molar-refractivity contribution in [2.24, 2.45) is 0 Å². The largest absolute Gasteiger partial charge is 0.628 e. The van der Waals surface area contributed by atoms with Crippen molar-refractivity contribution < 1.29 is 17.8 Å². The molecule has 1 aliphatic rings. The molecule has 1 rings (SSSR count). The van der Waals surface area contributed by atoms with Gasteiger partial charge in [-0.1, -0.05) is 0 Å². The minimum Gasteiger partial charge on any atom is -0.628 e. The summed E-state index contributed by atoms with van der Waals surface area (Å²) in [5.74, 6) is 0. The van der Waals surface area contributed by atoms with Crippen LogP contribution in [-0.4, -0.2) is 23.9 Å². The summed E-state index contributed by atoms with van der Waals surface area (Å²) in [6.07, 6.45) is -1.37. The van der Waals surface area contributed by atoms with Crippen molar-refractivity contribution in [1.29, 1.82) is 0 Å². The van der Waals surface area contributed by atoms with E-state index in [4.69, 9.17) is 0 Å². The maximum Gasteiger partial charge on any atom is 0.438 e. The van der Waals surface area contributed by atoms with Crippen molar-refractivity contribution in [2.45, 2.75) is 12.6 Å². The SMILES string of the molecule is [O-][N+]1(CC(F)(F)F)C=CCC1. The van der Waals surface area contributed by atoms with Crippen LogP contribution in [0.15, 0.2) is 12.3 Å². The molecular weight excluding hydrogens is 159 g/mol. The highest BCUT2D eigenvalue weighted by Gasteiger charge is 2.37. The van der Waals surface area contributed by atoms with Gasteiger partial charge in [0.2, 0.25) is 0 Å². The molecule has 0 aromatic heterocycles. The molecule has 1 atom stereocenters. The van der Waals surface area contributed by atoms with Gasteiger partial charge in [0.05, 0.1) is 12.7 Å². The number of halogens is 3. The van der Waals surface area contributed by atoms with Gasteiger partial charge < -0.3 is 9.85 Å². The van der Waals surface area contributed by atoms with Gasteiger partial charge in [0.1, 0.15) is 0 Å². The molecule has 0 amide bonds. The molecule has 11 heavy (non-hydrogen) atoms. The summed E-state index contributed by atoms with van der Waals surface area (Å²) in [7, 11) is 0. The third-order valence-electron chi connectivity index (χ3n) is 1.50. The van der Waals surface area contributed by atoms with E-state index in [0.29, 0.717) is 6.42 Å². The van der Waals surface area contributed by atoms with E-state index in [9.17, 15) is 18.4 Å². The number of alkyl halides is 3. The van der Waals surface area contributed by atoms with Crippen LogP contribution in [0.1, 0.15) is 6.42 Å². The molecule has 0 bridgehead atoms. The molecule has 0 spiro atoms. The summed E-state index contributed by atoms with van der Waals surface area (Å²) in [5, 5.41) is 11.0. The molecule has 0 radical (unpaired) electrons. The van der Waals surface area contributed by atoms with Crippen LogP contribution in [0.5, 0.6) is 0 Å². The second-order valence-corrected chi connectivity index (χ2v) is 2.62. The number of quaternary nitrogens is 1. The van der Waals surface area contributed by atoms with Gasteiger partial charge in [0.25, 0.3) is 0 Å². The Hall–Kier alpha value is -0.550. The van der Waals surface area contributed by atoms with Gasteiger partial charge in [-0.15, -0.1) is 0 Å². The normalized spacial score (nSPS) is 31.3. The van der Waals surface area contributed by atoms with Crippen LogP contribution in [0.25, 0.3) is 0 Å². The predicted octanol–water partition coefficient (Wildman–Crippen LogP) is 1.78. The van der Waals surface area contributed by atoms with Gasteiger partial charge in [-0.3, -0.25) is 0 Å². The Balaban J connectivity index is 2.54. The molecule has 64 valence electrons. The van der Waals surface area contributed by atoms with Crippen LogP contribution >= 0.6 is 0 Å².